The number of rotatable bonds is 8. The van der Waals surface area contributed by atoms with E-state index in [2.05, 4.69) is 15.2 Å². The minimum atomic E-state index is -1.10. The summed E-state index contributed by atoms with van der Waals surface area (Å²) >= 11 is 8.85. The number of carbonyl (C=O) groups is 2. The molecule has 0 aliphatic carbocycles. The number of aromatic nitrogens is 4. The molecular formula is C31H26ClN5O5S2. The van der Waals surface area contributed by atoms with E-state index in [0.29, 0.717) is 32.0 Å². The van der Waals surface area contributed by atoms with E-state index in [9.17, 15) is 19.8 Å². The molecule has 1 amide bonds. The fourth-order valence-electron chi connectivity index (χ4n) is 5.10. The number of phenolic OH excluding ortho intramolecular Hbond substituents is 1. The minimum absolute atomic E-state index is 0.103. The summed E-state index contributed by atoms with van der Waals surface area (Å²) in [4.78, 5) is 33.3. The number of fused-ring (bicyclic) bond motifs is 1. The van der Waals surface area contributed by atoms with E-state index >= 15 is 0 Å². The number of amides is 1. The topological polar surface area (TPSA) is 130 Å². The summed E-state index contributed by atoms with van der Waals surface area (Å²) in [5, 5.41) is 31.4. The standard InChI is InChI=1S/C31H26ClN5O5S2/c1-4-42-22-14-18(11-12-21(22)38)25-23(26(39)24-17(3)36-13-7-8-16(2)28(36)33-24)27(40)29(41)37(25)30-34-35-31(44-30)43-15-19-9-5-6-10-20(19)32/h5-14,25,38-39H,4,15H2,1-3H3. The predicted molar refractivity (Wildman–Crippen MR) is 170 cm³/mol. The average Bonchev–Trinajstić information content (AvgIpc) is 3.69. The lowest BCUT2D eigenvalue weighted by atomic mass is 9.96. The Hall–Kier alpha value is -4.39. The Morgan fingerprint density at radius 3 is 2.66 bits per heavy atom. The van der Waals surface area contributed by atoms with E-state index in [1.807, 2.05) is 53.9 Å². The number of halogens is 1. The third-order valence-electron chi connectivity index (χ3n) is 7.26. The van der Waals surface area contributed by atoms with Crippen LogP contribution in [-0.2, 0) is 15.3 Å². The Morgan fingerprint density at radius 2 is 1.91 bits per heavy atom. The van der Waals surface area contributed by atoms with Crippen molar-refractivity contribution >= 4 is 62.9 Å². The van der Waals surface area contributed by atoms with E-state index in [-0.39, 0.29) is 34.5 Å². The molecule has 10 nitrogen and oxygen atoms in total. The number of hydrogen-bond acceptors (Lipinski definition) is 10. The molecule has 6 rings (SSSR count). The van der Waals surface area contributed by atoms with Crippen molar-refractivity contribution in [3.8, 4) is 11.5 Å². The van der Waals surface area contributed by atoms with Crippen molar-refractivity contribution in [1.82, 2.24) is 19.6 Å². The molecule has 44 heavy (non-hydrogen) atoms. The smallest absolute Gasteiger partial charge is 0.301 e. The molecule has 5 aromatic rings. The number of phenols is 1. The van der Waals surface area contributed by atoms with Crippen molar-refractivity contribution < 1.29 is 24.5 Å². The fourth-order valence-corrected chi connectivity index (χ4v) is 7.26. The van der Waals surface area contributed by atoms with Crippen LogP contribution >= 0.6 is 34.7 Å². The van der Waals surface area contributed by atoms with Gasteiger partial charge in [-0.3, -0.25) is 14.5 Å². The Morgan fingerprint density at radius 1 is 1.11 bits per heavy atom. The molecule has 13 heteroatoms. The first-order valence-corrected chi connectivity index (χ1v) is 15.8. The van der Waals surface area contributed by atoms with Crippen LogP contribution in [-0.4, -0.2) is 48.1 Å². The number of ketones is 1. The highest BCUT2D eigenvalue weighted by molar-refractivity contribution is 8.00. The molecule has 2 N–H and O–H groups in total. The lowest BCUT2D eigenvalue weighted by molar-refractivity contribution is -0.132. The zero-order chi connectivity index (χ0) is 31.1. The van der Waals surface area contributed by atoms with Gasteiger partial charge in [0.25, 0.3) is 5.78 Å². The Kier molecular flexibility index (Phi) is 8.06. The van der Waals surface area contributed by atoms with Gasteiger partial charge < -0.3 is 19.4 Å². The van der Waals surface area contributed by atoms with Crippen molar-refractivity contribution in [2.24, 2.45) is 0 Å². The van der Waals surface area contributed by atoms with Crippen LogP contribution < -0.4 is 9.64 Å². The first kappa shape index (κ1) is 29.7. The number of nitrogens with zero attached hydrogens (tertiary/aromatic N) is 5. The van der Waals surface area contributed by atoms with E-state index in [1.165, 1.54) is 22.7 Å². The van der Waals surface area contributed by atoms with Gasteiger partial charge in [0, 0.05) is 17.0 Å². The summed E-state index contributed by atoms with van der Waals surface area (Å²) in [6, 6.07) is 14.7. The van der Waals surface area contributed by atoms with Crippen LogP contribution in [0.1, 0.15) is 41.0 Å². The van der Waals surface area contributed by atoms with Crippen molar-refractivity contribution in [3.05, 3.63) is 99.5 Å². The summed E-state index contributed by atoms with van der Waals surface area (Å²) in [7, 11) is 0. The van der Waals surface area contributed by atoms with Crippen LogP contribution in [0.2, 0.25) is 5.02 Å². The number of carbonyl (C=O) groups excluding carboxylic acids is 2. The van der Waals surface area contributed by atoms with Gasteiger partial charge >= 0.3 is 5.91 Å². The zero-order valence-corrected chi connectivity index (χ0v) is 26.2. The maximum Gasteiger partial charge on any atom is 0.301 e. The van der Waals surface area contributed by atoms with Crippen LogP contribution in [0.15, 0.2) is 70.7 Å². The lowest BCUT2D eigenvalue weighted by Gasteiger charge is -2.23. The largest absolute Gasteiger partial charge is 0.505 e. The summed E-state index contributed by atoms with van der Waals surface area (Å²) in [5.41, 5.74) is 3.45. The molecule has 1 saturated heterocycles. The predicted octanol–water partition coefficient (Wildman–Crippen LogP) is 6.48. The number of imidazole rings is 1. The highest BCUT2D eigenvalue weighted by atomic mass is 35.5. The van der Waals surface area contributed by atoms with Gasteiger partial charge in [-0.1, -0.05) is 65.0 Å². The van der Waals surface area contributed by atoms with E-state index < -0.39 is 23.5 Å². The summed E-state index contributed by atoms with van der Waals surface area (Å²) < 4.78 is 7.98. The number of Topliss-reactive ketones (excluding diaryl/α,β-unsaturated/α-hetero) is 1. The van der Waals surface area contributed by atoms with Gasteiger partial charge in [-0.05, 0) is 61.7 Å². The maximum absolute atomic E-state index is 13.7. The van der Waals surface area contributed by atoms with Gasteiger partial charge in [0.15, 0.2) is 21.6 Å². The van der Waals surface area contributed by atoms with Crippen molar-refractivity contribution in [2.75, 3.05) is 11.5 Å². The molecule has 3 aromatic heterocycles. The van der Waals surface area contributed by atoms with Crippen molar-refractivity contribution in [2.45, 2.75) is 36.9 Å². The Balaban J connectivity index is 1.47. The number of ether oxygens (including phenoxy) is 1. The number of hydrogen-bond donors (Lipinski definition) is 2. The van der Waals surface area contributed by atoms with Gasteiger partial charge in [-0.2, -0.15) is 0 Å². The number of pyridine rings is 1. The molecule has 0 spiro atoms. The number of aliphatic hydroxyl groups is 1. The zero-order valence-electron chi connectivity index (χ0n) is 23.8. The van der Waals surface area contributed by atoms with Gasteiger partial charge in [0.1, 0.15) is 11.3 Å². The number of aromatic hydroxyl groups is 1. The van der Waals surface area contributed by atoms with Gasteiger partial charge in [0.2, 0.25) is 5.13 Å². The molecule has 224 valence electrons. The molecule has 2 aromatic carbocycles. The van der Waals surface area contributed by atoms with Crippen LogP contribution in [0.25, 0.3) is 11.4 Å². The highest BCUT2D eigenvalue weighted by Gasteiger charge is 2.49. The fraction of sp³-hybridized carbons (Fsp3) is 0.194. The van der Waals surface area contributed by atoms with E-state index in [1.54, 1.807) is 26.0 Å². The molecule has 1 fully saturated rings. The first-order chi connectivity index (χ1) is 21.2. The third kappa shape index (κ3) is 5.18. The van der Waals surface area contributed by atoms with Crippen molar-refractivity contribution in [1.29, 1.82) is 0 Å². The molecule has 1 unspecified atom stereocenters. The monoisotopic (exact) mass is 647 g/mol. The molecular weight excluding hydrogens is 622 g/mol. The Bertz CT molecular complexity index is 1970. The quantitative estimate of drug-likeness (QED) is 0.0639. The Labute approximate surface area is 265 Å². The average molecular weight is 648 g/mol. The normalized spacial score (nSPS) is 16.3. The summed E-state index contributed by atoms with van der Waals surface area (Å²) in [5.74, 6) is -1.60. The van der Waals surface area contributed by atoms with Gasteiger partial charge in [-0.25, -0.2) is 4.98 Å². The van der Waals surface area contributed by atoms with E-state index in [4.69, 9.17) is 16.3 Å². The van der Waals surface area contributed by atoms with Crippen LogP contribution in [0.3, 0.4) is 0 Å². The second-order valence-electron chi connectivity index (χ2n) is 9.99. The SMILES string of the molecule is CCOc1cc(C2C(=C(O)c3nc4c(C)cccn4c3C)C(=O)C(=O)N2c2nnc(SCc3ccccc3Cl)s2)ccc1O. The summed E-state index contributed by atoms with van der Waals surface area (Å²) in [6.45, 7) is 5.72. The van der Waals surface area contributed by atoms with Gasteiger partial charge in [0.05, 0.1) is 23.9 Å². The molecule has 1 aliphatic rings. The van der Waals surface area contributed by atoms with Gasteiger partial charge in [-0.15, -0.1) is 10.2 Å². The number of thioether (sulfide) groups is 1. The maximum atomic E-state index is 13.7. The number of benzene rings is 2. The second-order valence-corrected chi connectivity index (χ2v) is 12.6. The molecule has 4 heterocycles. The van der Waals surface area contributed by atoms with Crippen LogP contribution in [0.5, 0.6) is 11.5 Å². The van der Waals surface area contributed by atoms with Crippen LogP contribution in [0.4, 0.5) is 5.13 Å². The molecule has 0 saturated carbocycles. The molecule has 0 bridgehead atoms. The molecule has 1 aliphatic heterocycles. The summed E-state index contributed by atoms with van der Waals surface area (Å²) in [6.07, 6.45) is 1.81. The lowest BCUT2D eigenvalue weighted by Crippen LogP contribution is -2.29. The molecule has 1 atom stereocenters. The third-order valence-corrected chi connectivity index (χ3v) is 9.74. The highest BCUT2D eigenvalue weighted by Crippen LogP contribution is 2.46. The van der Waals surface area contributed by atoms with E-state index in [0.717, 1.165) is 22.5 Å². The minimum Gasteiger partial charge on any atom is -0.505 e. The number of aryl methyl sites for hydroxylation is 2. The van der Waals surface area contributed by atoms with Crippen LogP contribution in [0, 0.1) is 13.8 Å². The number of aliphatic hydroxyl groups excluding tert-OH is 1. The first-order valence-electron chi connectivity index (χ1n) is 13.6. The molecule has 0 radical (unpaired) electrons. The number of anilines is 1. The van der Waals surface area contributed by atoms with Crippen molar-refractivity contribution in [3.63, 3.8) is 0 Å². The second kappa shape index (κ2) is 11.9.